The molecule has 1 saturated heterocycles. The van der Waals surface area contributed by atoms with Crippen LogP contribution in [-0.4, -0.2) is 52.3 Å². The quantitative estimate of drug-likeness (QED) is 0.815. The Morgan fingerprint density at radius 3 is 2.41 bits per heavy atom. The molecule has 126 valence electrons. The summed E-state index contributed by atoms with van der Waals surface area (Å²) >= 11 is 0. The molecule has 2 aliphatic rings. The predicted octanol–water partition coefficient (Wildman–Crippen LogP) is 1.81. The van der Waals surface area contributed by atoms with E-state index in [2.05, 4.69) is 5.32 Å². The number of hydrogen-bond donors (Lipinski definition) is 2. The molecule has 22 heavy (non-hydrogen) atoms. The van der Waals surface area contributed by atoms with Gasteiger partial charge in [-0.2, -0.15) is 0 Å². The first-order valence-corrected chi connectivity index (χ1v) is 8.24. The van der Waals surface area contributed by atoms with E-state index in [4.69, 9.17) is 4.74 Å². The van der Waals surface area contributed by atoms with E-state index in [9.17, 15) is 14.7 Å². The third kappa shape index (κ3) is 4.60. The number of likely N-dealkylation sites (tertiary alicyclic amines) is 1. The maximum atomic E-state index is 12.5. The second-order valence-corrected chi connectivity index (χ2v) is 7.38. The lowest BCUT2D eigenvalue weighted by molar-refractivity contribution is -0.126. The monoisotopic (exact) mass is 312 g/mol. The van der Waals surface area contributed by atoms with Gasteiger partial charge in [0.25, 0.3) is 0 Å². The molecule has 0 spiro atoms. The van der Waals surface area contributed by atoms with E-state index in [0.29, 0.717) is 0 Å². The van der Waals surface area contributed by atoms with Gasteiger partial charge in [-0.15, -0.1) is 0 Å². The highest BCUT2D eigenvalue weighted by molar-refractivity contribution is 5.86. The van der Waals surface area contributed by atoms with Crippen LogP contribution in [0, 0.1) is 0 Å². The molecular formula is C16H28N2O4. The van der Waals surface area contributed by atoms with Gasteiger partial charge in [-0.25, -0.2) is 4.79 Å². The van der Waals surface area contributed by atoms with Crippen molar-refractivity contribution < 1.29 is 19.4 Å². The van der Waals surface area contributed by atoms with Crippen molar-refractivity contribution in [2.75, 3.05) is 6.54 Å². The van der Waals surface area contributed by atoms with Crippen molar-refractivity contribution in [1.29, 1.82) is 0 Å². The largest absolute Gasteiger partial charge is 0.444 e. The van der Waals surface area contributed by atoms with Gasteiger partial charge in [-0.1, -0.05) is 19.3 Å². The fraction of sp³-hybridized carbons (Fsp3) is 0.875. The Bertz CT molecular complexity index is 413. The first-order chi connectivity index (χ1) is 10.3. The second kappa shape index (κ2) is 6.86. The highest BCUT2D eigenvalue weighted by Gasteiger charge is 2.41. The molecular weight excluding hydrogens is 284 g/mol. The number of β-amino-alcohol motifs (C(OH)–C–C–N with tert-alkyl or cyclic N) is 1. The standard InChI is InChI=1S/C16H28N2O4/c1-16(2,3)22-15(21)18-10-12(19)9-13(18)14(20)17-11-7-5-4-6-8-11/h11-13,19H,4-10H2,1-3H3,(H,17,20)/t12-,13-/m0/s1. The highest BCUT2D eigenvalue weighted by Crippen LogP contribution is 2.23. The Morgan fingerprint density at radius 2 is 1.82 bits per heavy atom. The minimum Gasteiger partial charge on any atom is -0.444 e. The van der Waals surface area contributed by atoms with Crippen molar-refractivity contribution in [3.8, 4) is 0 Å². The average molecular weight is 312 g/mol. The van der Waals surface area contributed by atoms with E-state index >= 15 is 0 Å². The third-order valence-corrected chi connectivity index (χ3v) is 4.16. The fourth-order valence-electron chi connectivity index (χ4n) is 3.13. The number of aliphatic hydroxyl groups is 1. The molecule has 6 heteroatoms. The molecule has 2 rings (SSSR count). The zero-order valence-corrected chi connectivity index (χ0v) is 13.8. The molecule has 2 N–H and O–H groups in total. The van der Waals surface area contributed by atoms with E-state index in [1.165, 1.54) is 11.3 Å². The average Bonchev–Trinajstić information content (AvgIpc) is 2.80. The van der Waals surface area contributed by atoms with Crippen molar-refractivity contribution in [1.82, 2.24) is 10.2 Å². The van der Waals surface area contributed by atoms with Crippen molar-refractivity contribution in [2.45, 2.75) is 83.1 Å². The van der Waals surface area contributed by atoms with Crippen molar-refractivity contribution in [3.63, 3.8) is 0 Å². The molecule has 1 aliphatic carbocycles. The molecule has 2 fully saturated rings. The van der Waals surface area contributed by atoms with Gasteiger partial charge in [0.1, 0.15) is 11.6 Å². The number of nitrogens with zero attached hydrogens (tertiary/aromatic N) is 1. The number of carbonyl (C=O) groups is 2. The Kier molecular flexibility index (Phi) is 5.32. The lowest BCUT2D eigenvalue weighted by Gasteiger charge is -2.29. The van der Waals surface area contributed by atoms with Crippen LogP contribution in [0.1, 0.15) is 59.3 Å². The summed E-state index contributed by atoms with van der Waals surface area (Å²) in [5, 5.41) is 12.9. The summed E-state index contributed by atoms with van der Waals surface area (Å²) in [5.74, 6) is -0.172. The molecule has 6 nitrogen and oxygen atoms in total. The van der Waals surface area contributed by atoms with E-state index in [-0.39, 0.29) is 24.9 Å². The van der Waals surface area contributed by atoms with Gasteiger partial charge in [-0.3, -0.25) is 9.69 Å². The van der Waals surface area contributed by atoms with Gasteiger partial charge >= 0.3 is 6.09 Å². The van der Waals surface area contributed by atoms with Crippen LogP contribution in [0.3, 0.4) is 0 Å². The van der Waals surface area contributed by atoms with Gasteiger partial charge < -0.3 is 15.2 Å². The number of carbonyl (C=O) groups excluding carboxylic acids is 2. The molecule has 1 saturated carbocycles. The fourth-order valence-corrected chi connectivity index (χ4v) is 3.13. The SMILES string of the molecule is CC(C)(C)OC(=O)N1C[C@@H](O)C[C@H]1C(=O)NC1CCCCC1. The minimum absolute atomic E-state index is 0.150. The Balaban J connectivity index is 1.97. The first-order valence-electron chi connectivity index (χ1n) is 8.24. The van der Waals surface area contributed by atoms with Crippen LogP contribution >= 0.6 is 0 Å². The third-order valence-electron chi connectivity index (χ3n) is 4.16. The van der Waals surface area contributed by atoms with Gasteiger partial charge in [0, 0.05) is 12.5 Å². The Hall–Kier alpha value is -1.30. The van der Waals surface area contributed by atoms with Crippen molar-refractivity contribution in [3.05, 3.63) is 0 Å². The van der Waals surface area contributed by atoms with E-state index in [1.807, 2.05) is 0 Å². The Labute approximate surface area is 132 Å². The van der Waals surface area contributed by atoms with E-state index in [1.54, 1.807) is 20.8 Å². The van der Waals surface area contributed by atoms with Crippen LogP contribution in [0.25, 0.3) is 0 Å². The van der Waals surface area contributed by atoms with Gasteiger partial charge in [-0.05, 0) is 33.6 Å². The van der Waals surface area contributed by atoms with E-state index < -0.39 is 23.8 Å². The number of rotatable bonds is 2. The summed E-state index contributed by atoms with van der Waals surface area (Å²) in [4.78, 5) is 26.0. The van der Waals surface area contributed by atoms with Crippen LogP contribution in [0.4, 0.5) is 4.79 Å². The number of nitrogens with one attached hydrogen (secondary N) is 1. The number of amides is 2. The predicted molar refractivity (Wildman–Crippen MR) is 82.4 cm³/mol. The minimum atomic E-state index is -0.672. The van der Waals surface area contributed by atoms with Crippen LogP contribution < -0.4 is 5.32 Å². The molecule has 0 aromatic heterocycles. The lowest BCUT2D eigenvalue weighted by Crippen LogP contribution is -2.50. The normalized spacial score (nSPS) is 26.8. The topological polar surface area (TPSA) is 78.9 Å². The molecule has 0 bridgehead atoms. The number of aliphatic hydroxyl groups excluding tert-OH is 1. The summed E-state index contributed by atoms with van der Waals surface area (Å²) in [7, 11) is 0. The second-order valence-electron chi connectivity index (χ2n) is 7.38. The lowest BCUT2D eigenvalue weighted by atomic mass is 9.95. The Morgan fingerprint density at radius 1 is 1.18 bits per heavy atom. The number of ether oxygens (including phenoxy) is 1. The van der Waals surface area contributed by atoms with Gasteiger partial charge in [0.2, 0.25) is 5.91 Å². The highest BCUT2D eigenvalue weighted by atomic mass is 16.6. The molecule has 0 aromatic carbocycles. The molecule has 2 amide bonds. The summed E-state index contributed by atoms with van der Waals surface area (Å²) in [6.07, 6.45) is 4.54. The van der Waals surface area contributed by atoms with Crippen LogP contribution in [-0.2, 0) is 9.53 Å². The molecule has 0 unspecified atom stereocenters. The molecule has 1 heterocycles. The number of hydrogen-bond acceptors (Lipinski definition) is 4. The van der Waals surface area contributed by atoms with Crippen molar-refractivity contribution >= 4 is 12.0 Å². The smallest absolute Gasteiger partial charge is 0.411 e. The molecule has 0 aromatic rings. The van der Waals surface area contributed by atoms with Crippen LogP contribution in [0.15, 0.2) is 0 Å². The zero-order valence-electron chi connectivity index (χ0n) is 13.8. The van der Waals surface area contributed by atoms with Crippen molar-refractivity contribution in [2.24, 2.45) is 0 Å². The zero-order chi connectivity index (χ0) is 16.3. The van der Waals surface area contributed by atoms with Gasteiger partial charge in [0.05, 0.1) is 12.6 Å². The van der Waals surface area contributed by atoms with Crippen LogP contribution in [0.2, 0.25) is 0 Å². The van der Waals surface area contributed by atoms with E-state index in [0.717, 1.165) is 25.7 Å². The summed E-state index contributed by atoms with van der Waals surface area (Å²) in [6, 6.07) is -0.439. The maximum absolute atomic E-state index is 12.5. The summed E-state index contributed by atoms with van der Waals surface area (Å²) in [6.45, 7) is 5.51. The maximum Gasteiger partial charge on any atom is 0.411 e. The van der Waals surface area contributed by atoms with Gasteiger partial charge in [0.15, 0.2) is 0 Å². The summed E-state index contributed by atoms with van der Waals surface area (Å²) in [5.41, 5.74) is -0.616. The first kappa shape index (κ1) is 17.1. The molecule has 0 radical (unpaired) electrons. The van der Waals surface area contributed by atoms with Crippen LogP contribution in [0.5, 0.6) is 0 Å². The molecule has 1 aliphatic heterocycles. The molecule has 2 atom stereocenters. The summed E-state index contributed by atoms with van der Waals surface area (Å²) < 4.78 is 5.34.